The van der Waals surface area contributed by atoms with Crippen LogP contribution in [0.2, 0.25) is 0 Å². The molecule has 26 heavy (non-hydrogen) atoms. The fourth-order valence-electron chi connectivity index (χ4n) is 2.69. The molecule has 4 heteroatoms. The van der Waals surface area contributed by atoms with Gasteiger partial charge in [0.2, 0.25) is 0 Å². The Morgan fingerprint density at radius 3 is 1.35 bits per heavy atom. The quantitative estimate of drug-likeness (QED) is 0.174. The van der Waals surface area contributed by atoms with Crippen LogP contribution in [-0.4, -0.2) is 52.9 Å². The lowest BCUT2D eigenvalue weighted by Crippen LogP contribution is -2.12. The molecular formula is C22H44O4. The zero-order valence-corrected chi connectivity index (χ0v) is 17.4. The Hall–Kier alpha value is -0.420. The van der Waals surface area contributed by atoms with Gasteiger partial charge in [-0.25, -0.2) is 0 Å². The third kappa shape index (κ3) is 23.6. The van der Waals surface area contributed by atoms with Crippen molar-refractivity contribution in [1.82, 2.24) is 0 Å². The lowest BCUT2D eigenvalue weighted by Gasteiger charge is -2.07. The highest BCUT2D eigenvalue weighted by Crippen LogP contribution is 2.11. The van der Waals surface area contributed by atoms with E-state index < -0.39 is 0 Å². The number of rotatable bonds is 23. The van der Waals surface area contributed by atoms with Crippen LogP contribution < -0.4 is 0 Å². The second-order valence-electron chi connectivity index (χ2n) is 6.74. The maximum Gasteiger partial charge on any atom is 0.0704 e. The van der Waals surface area contributed by atoms with Crippen LogP contribution in [0.15, 0.2) is 12.7 Å². The summed E-state index contributed by atoms with van der Waals surface area (Å²) in [5.74, 6) is 0. The molecule has 0 fully saturated rings. The van der Waals surface area contributed by atoms with Gasteiger partial charge in [-0.05, 0) is 6.42 Å². The van der Waals surface area contributed by atoms with E-state index in [1.54, 1.807) is 6.08 Å². The van der Waals surface area contributed by atoms with Gasteiger partial charge in [-0.15, -0.1) is 6.58 Å². The molecule has 0 atom stereocenters. The number of unbranched alkanes of at least 4 members (excludes halogenated alkanes) is 10. The van der Waals surface area contributed by atoms with Crippen LogP contribution in [0, 0.1) is 0 Å². The molecule has 0 saturated heterocycles. The number of ether oxygens (including phenoxy) is 4. The van der Waals surface area contributed by atoms with Crippen molar-refractivity contribution in [2.45, 2.75) is 77.6 Å². The van der Waals surface area contributed by atoms with Gasteiger partial charge >= 0.3 is 0 Å². The van der Waals surface area contributed by atoms with Crippen molar-refractivity contribution in [1.29, 1.82) is 0 Å². The molecule has 0 rings (SSSR count). The van der Waals surface area contributed by atoms with Crippen LogP contribution >= 0.6 is 0 Å². The van der Waals surface area contributed by atoms with Crippen molar-refractivity contribution in [3.8, 4) is 0 Å². The van der Waals surface area contributed by atoms with E-state index >= 15 is 0 Å². The van der Waals surface area contributed by atoms with E-state index in [1.807, 2.05) is 0 Å². The first-order valence-electron chi connectivity index (χ1n) is 10.8. The molecule has 0 bridgehead atoms. The summed E-state index contributed by atoms with van der Waals surface area (Å²) in [4.78, 5) is 0. The summed E-state index contributed by atoms with van der Waals surface area (Å²) in [6, 6.07) is 0. The van der Waals surface area contributed by atoms with Crippen molar-refractivity contribution in [2.24, 2.45) is 0 Å². The largest absolute Gasteiger partial charge is 0.379 e. The molecule has 0 unspecified atom stereocenters. The summed E-state index contributed by atoms with van der Waals surface area (Å²) in [7, 11) is 0. The van der Waals surface area contributed by atoms with Crippen molar-refractivity contribution >= 4 is 0 Å². The van der Waals surface area contributed by atoms with Crippen molar-refractivity contribution in [2.75, 3.05) is 52.9 Å². The van der Waals surface area contributed by atoms with E-state index in [0.717, 1.165) is 6.61 Å². The second-order valence-corrected chi connectivity index (χ2v) is 6.74. The van der Waals surface area contributed by atoms with E-state index in [2.05, 4.69) is 13.5 Å². The van der Waals surface area contributed by atoms with Crippen molar-refractivity contribution in [3.05, 3.63) is 12.7 Å². The van der Waals surface area contributed by atoms with Crippen LogP contribution in [0.3, 0.4) is 0 Å². The van der Waals surface area contributed by atoms with Gasteiger partial charge in [0.25, 0.3) is 0 Å². The summed E-state index contributed by atoms with van der Waals surface area (Å²) >= 11 is 0. The van der Waals surface area contributed by atoms with Gasteiger partial charge in [-0.1, -0.05) is 77.2 Å². The Labute approximate surface area is 162 Å². The van der Waals surface area contributed by atoms with Crippen LogP contribution in [0.1, 0.15) is 77.6 Å². The maximum absolute atomic E-state index is 5.59. The molecule has 0 aromatic carbocycles. The Morgan fingerprint density at radius 1 is 0.500 bits per heavy atom. The Kier molecular flexibility index (Phi) is 24.2. The molecule has 0 aromatic rings. The van der Waals surface area contributed by atoms with E-state index in [1.165, 1.54) is 70.6 Å². The third-order valence-corrected chi connectivity index (χ3v) is 4.24. The van der Waals surface area contributed by atoms with Gasteiger partial charge < -0.3 is 18.9 Å². The number of hydrogen-bond acceptors (Lipinski definition) is 4. The topological polar surface area (TPSA) is 36.9 Å². The van der Waals surface area contributed by atoms with E-state index in [4.69, 9.17) is 18.9 Å². The fourth-order valence-corrected chi connectivity index (χ4v) is 2.69. The summed E-state index contributed by atoms with van der Waals surface area (Å²) in [5, 5.41) is 0. The van der Waals surface area contributed by atoms with Gasteiger partial charge in [0.15, 0.2) is 0 Å². The number of hydrogen-bond donors (Lipinski definition) is 0. The monoisotopic (exact) mass is 372 g/mol. The highest BCUT2D eigenvalue weighted by atomic mass is 16.6. The first-order chi connectivity index (χ1) is 12.9. The molecule has 4 nitrogen and oxygen atoms in total. The first kappa shape index (κ1) is 25.6. The molecule has 0 amide bonds. The van der Waals surface area contributed by atoms with Crippen LogP contribution in [0.5, 0.6) is 0 Å². The van der Waals surface area contributed by atoms with Crippen LogP contribution in [0.25, 0.3) is 0 Å². The third-order valence-electron chi connectivity index (χ3n) is 4.24. The Bertz CT molecular complexity index is 259. The summed E-state index contributed by atoms with van der Waals surface area (Å²) in [6.45, 7) is 11.1. The van der Waals surface area contributed by atoms with Crippen LogP contribution in [0.4, 0.5) is 0 Å². The van der Waals surface area contributed by atoms with Gasteiger partial charge in [0.1, 0.15) is 0 Å². The summed E-state index contributed by atoms with van der Waals surface area (Å²) in [5.41, 5.74) is 0. The molecule has 0 aliphatic carbocycles. The minimum atomic E-state index is 0.580. The molecular weight excluding hydrogens is 328 g/mol. The molecule has 0 aromatic heterocycles. The van der Waals surface area contributed by atoms with Gasteiger partial charge in [0.05, 0.1) is 46.2 Å². The smallest absolute Gasteiger partial charge is 0.0704 e. The van der Waals surface area contributed by atoms with Crippen molar-refractivity contribution in [3.63, 3.8) is 0 Å². The first-order valence-corrected chi connectivity index (χ1v) is 10.8. The molecule has 0 aliphatic heterocycles. The van der Waals surface area contributed by atoms with Crippen LogP contribution in [-0.2, 0) is 18.9 Å². The summed E-state index contributed by atoms with van der Waals surface area (Å²) in [6.07, 6.45) is 16.8. The lowest BCUT2D eigenvalue weighted by molar-refractivity contribution is 0.000526. The van der Waals surface area contributed by atoms with E-state index in [9.17, 15) is 0 Å². The van der Waals surface area contributed by atoms with Gasteiger partial charge in [-0.3, -0.25) is 0 Å². The minimum absolute atomic E-state index is 0.580. The van der Waals surface area contributed by atoms with E-state index in [-0.39, 0.29) is 0 Å². The molecule has 0 spiro atoms. The molecule has 0 radical (unpaired) electrons. The zero-order chi connectivity index (χ0) is 19.0. The van der Waals surface area contributed by atoms with E-state index in [0.29, 0.717) is 46.2 Å². The van der Waals surface area contributed by atoms with Crippen molar-refractivity contribution < 1.29 is 18.9 Å². The molecule has 0 saturated carbocycles. The minimum Gasteiger partial charge on any atom is -0.379 e. The Balaban J connectivity index is 2.96. The molecule has 156 valence electrons. The fraction of sp³-hybridized carbons (Fsp3) is 0.909. The molecule has 0 heterocycles. The average molecular weight is 373 g/mol. The predicted molar refractivity (Wildman–Crippen MR) is 110 cm³/mol. The highest BCUT2D eigenvalue weighted by molar-refractivity contribution is 4.63. The average Bonchev–Trinajstić information content (AvgIpc) is 2.66. The second kappa shape index (κ2) is 24.6. The molecule has 0 aliphatic rings. The molecule has 0 N–H and O–H groups in total. The Morgan fingerprint density at radius 2 is 0.885 bits per heavy atom. The predicted octanol–water partition coefficient (Wildman–Crippen LogP) is 5.55. The van der Waals surface area contributed by atoms with Gasteiger partial charge in [0, 0.05) is 6.61 Å². The lowest BCUT2D eigenvalue weighted by atomic mass is 10.1. The maximum atomic E-state index is 5.59. The SMILES string of the molecule is C=CCOCCOCCOCCOCCCCCCCCCCCCC. The van der Waals surface area contributed by atoms with Gasteiger partial charge in [-0.2, -0.15) is 0 Å². The normalized spacial score (nSPS) is 11.1. The standard InChI is InChI=1S/C22H44O4/c1-3-5-6-7-8-9-10-11-12-13-14-16-24-18-20-26-22-21-25-19-17-23-15-4-2/h4H,2-3,5-22H2,1H3. The zero-order valence-electron chi connectivity index (χ0n) is 17.4. The highest BCUT2D eigenvalue weighted by Gasteiger charge is 1.95. The summed E-state index contributed by atoms with van der Waals surface area (Å²) < 4.78 is 21.6.